The topological polar surface area (TPSA) is 54.5 Å². The van der Waals surface area contributed by atoms with E-state index < -0.39 is 5.60 Å². The molecule has 5 nitrogen and oxygen atoms in total. The van der Waals surface area contributed by atoms with Crippen molar-refractivity contribution in [2.45, 2.75) is 59.6 Å². The lowest BCUT2D eigenvalue weighted by Gasteiger charge is -2.26. The minimum Gasteiger partial charge on any atom is -0.444 e. The zero-order chi connectivity index (χ0) is 16.8. The van der Waals surface area contributed by atoms with Crippen LogP contribution in [0.3, 0.4) is 0 Å². The second kappa shape index (κ2) is 8.48. The molecular formula is C16H29N3O2S. The largest absolute Gasteiger partial charge is 0.444 e. The smallest absolute Gasteiger partial charge is 0.410 e. The van der Waals surface area contributed by atoms with Crippen LogP contribution in [0, 0.1) is 6.92 Å². The predicted octanol–water partition coefficient (Wildman–Crippen LogP) is 3.75. The molecule has 0 saturated carbocycles. The van der Waals surface area contributed by atoms with Crippen molar-refractivity contribution in [3.63, 3.8) is 0 Å². The monoisotopic (exact) mass is 327 g/mol. The van der Waals surface area contributed by atoms with Gasteiger partial charge in [-0.2, -0.15) is 0 Å². The Kier molecular flexibility index (Phi) is 7.29. The van der Waals surface area contributed by atoms with E-state index >= 15 is 0 Å². The molecule has 22 heavy (non-hydrogen) atoms. The SMILES string of the molecule is CCN(CCCNC(C)c1csc(C)n1)C(=O)OC(C)(C)C. The number of amides is 1. The Labute approximate surface area is 138 Å². The molecule has 0 aliphatic rings. The van der Waals surface area contributed by atoms with Gasteiger partial charge in [0.05, 0.1) is 10.7 Å². The number of nitrogens with zero attached hydrogens (tertiary/aromatic N) is 2. The molecule has 0 aromatic carbocycles. The second-order valence-electron chi connectivity index (χ2n) is 6.38. The molecule has 0 bridgehead atoms. The number of hydrogen-bond acceptors (Lipinski definition) is 5. The van der Waals surface area contributed by atoms with Crippen molar-refractivity contribution in [1.82, 2.24) is 15.2 Å². The molecule has 0 spiro atoms. The maximum atomic E-state index is 12.0. The summed E-state index contributed by atoms with van der Waals surface area (Å²) in [7, 11) is 0. The second-order valence-corrected chi connectivity index (χ2v) is 7.44. The van der Waals surface area contributed by atoms with Gasteiger partial charge in [-0.1, -0.05) is 0 Å². The first-order chi connectivity index (χ1) is 10.2. The standard InChI is InChI=1S/C16H29N3O2S/c1-7-19(15(20)21-16(4,5)6)10-8-9-17-12(2)14-11-22-13(3)18-14/h11-12,17H,7-10H2,1-6H3. The van der Waals surface area contributed by atoms with Crippen molar-refractivity contribution in [2.75, 3.05) is 19.6 Å². The van der Waals surface area contributed by atoms with Gasteiger partial charge in [0, 0.05) is 24.5 Å². The summed E-state index contributed by atoms with van der Waals surface area (Å²) in [5, 5.41) is 6.62. The minimum atomic E-state index is -0.445. The number of hydrogen-bond donors (Lipinski definition) is 1. The number of aryl methyl sites for hydroxylation is 1. The fourth-order valence-corrected chi connectivity index (χ4v) is 2.68. The number of aromatic nitrogens is 1. The van der Waals surface area contributed by atoms with Gasteiger partial charge in [-0.05, 0) is 54.5 Å². The zero-order valence-electron chi connectivity index (χ0n) is 14.6. The van der Waals surface area contributed by atoms with Crippen LogP contribution in [-0.2, 0) is 4.74 Å². The first kappa shape index (κ1) is 18.9. The predicted molar refractivity (Wildman–Crippen MR) is 91.4 cm³/mol. The number of thiazole rings is 1. The van der Waals surface area contributed by atoms with E-state index in [1.807, 2.05) is 34.6 Å². The molecule has 0 fully saturated rings. The lowest BCUT2D eigenvalue weighted by atomic mass is 10.2. The fourth-order valence-electron chi connectivity index (χ4n) is 1.98. The first-order valence-electron chi connectivity index (χ1n) is 7.86. The van der Waals surface area contributed by atoms with E-state index in [1.54, 1.807) is 16.2 Å². The molecule has 1 unspecified atom stereocenters. The molecule has 1 aromatic heterocycles. The van der Waals surface area contributed by atoms with Gasteiger partial charge in [-0.3, -0.25) is 0 Å². The van der Waals surface area contributed by atoms with Crippen LogP contribution in [0.15, 0.2) is 5.38 Å². The van der Waals surface area contributed by atoms with Crippen molar-refractivity contribution in [3.05, 3.63) is 16.1 Å². The Bertz CT molecular complexity index is 468. The molecule has 6 heteroatoms. The van der Waals surface area contributed by atoms with E-state index in [1.165, 1.54) is 0 Å². The van der Waals surface area contributed by atoms with Crippen LogP contribution in [-0.4, -0.2) is 41.2 Å². The van der Waals surface area contributed by atoms with Crippen molar-refractivity contribution in [3.8, 4) is 0 Å². The van der Waals surface area contributed by atoms with Crippen molar-refractivity contribution in [2.24, 2.45) is 0 Å². The van der Waals surface area contributed by atoms with Crippen LogP contribution < -0.4 is 5.32 Å². The zero-order valence-corrected chi connectivity index (χ0v) is 15.4. The highest BCUT2D eigenvalue weighted by molar-refractivity contribution is 7.09. The average molecular weight is 327 g/mol. The molecule has 0 aliphatic heterocycles. The summed E-state index contributed by atoms with van der Waals surface area (Å²) in [4.78, 5) is 18.2. The van der Waals surface area contributed by atoms with Gasteiger partial charge in [0.25, 0.3) is 0 Å². The molecule has 1 amide bonds. The van der Waals surface area contributed by atoms with E-state index in [-0.39, 0.29) is 12.1 Å². The molecule has 1 rings (SSSR count). The number of carbonyl (C=O) groups is 1. The van der Waals surface area contributed by atoms with E-state index in [9.17, 15) is 4.79 Å². The Morgan fingerprint density at radius 2 is 2.18 bits per heavy atom. The van der Waals surface area contributed by atoms with Gasteiger partial charge in [0.15, 0.2) is 0 Å². The molecule has 0 aliphatic carbocycles. The van der Waals surface area contributed by atoms with Crippen molar-refractivity contribution >= 4 is 17.4 Å². The molecule has 1 aromatic rings. The summed E-state index contributed by atoms with van der Waals surface area (Å²) in [6, 6.07) is 0.238. The molecule has 126 valence electrons. The fraction of sp³-hybridized carbons (Fsp3) is 0.750. The van der Waals surface area contributed by atoms with Gasteiger partial charge in [0.1, 0.15) is 5.60 Å². The molecule has 1 N–H and O–H groups in total. The number of carbonyl (C=O) groups excluding carboxylic acids is 1. The summed E-state index contributed by atoms with van der Waals surface area (Å²) >= 11 is 1.67. The van der Waals surface area contributed by atoms with Crippen LogP contribution in [0.4, 0.5) is 4.79 Å². The molecular weight excluding hydrogens is 298 g/mol. The van der Waals surface area contributed by atoms with E-state index in [0.717, 1.165) is 23.7 Å². The average Bonchev–Trinajstić information content (AvgIpc) is 2.83. The van der Waals surface area contributed by atoms with Crippen LogP contribution in [0.5, 0.6) is 0 Å². The highest BCUT2D eigenvalue weighted by atomic mass is 32.1. The van der Waals surface area contributed by atoms with E-state index in [2.05, 4.69) is 22.6 Å². The third kappa shape index (κ3) is 6.75. The number of rotatable bonds is 7. The van der Waals surface area contributed by atoms with Crippen LogP contribution in [0.1, 0.15) is 57.8 Å². The Hall–Kier alpha value is -1.14. The van der Waals surface area contributed by atoms with Gasteiger partial charge < -0.3 is 15.0 Å². The van der Waals surface area contributed by atoms with Gasteiger partial charge >= 0.3 is 6.09 Å². The van der Waals surface area contributed by atoms with Gasteiger partial charge in [0.2, 0.25) is 0 Å². The summed E-state index contributed by atoms with van der Waals surface area (Å²) in [5.74, 6) is 0. The van der Waals surface area contributed by atoms with E-state index in [0.29, 0.717) is 13.1 Å². The maximum absolute atomic E-state index is 12.0. The van der Waals surface area contributed by atoms with Gasteiger partial charge in [-0.15, -0.1) is 11.3 Å². The lowest BCUT2D eigenvalue weighted by molar-refractivity contribution is 0.0258. The highest BCUT2D eigenvalue weighted by Crippen LogP contribution is 2.15. The Morgan fingerprint density at radius 3 is 2.68 bits per heavy atom. The summed E-state index contributed by atoms with van der Waals surface area (Å²) in [6.45, 7) is 14.0. The van der Waals surface area contributed by atoms with E-state index in [4.69, 9.17) is 4.74 Å². The summed E-state index contributed by atoms with van der Waals surface area (Å²) in [6.07, 6.45) is 0.652. The molecule has 0 saturated heterocycles. The number of nitrogens with one attached hydrogen (secondary N) is 1. The van der Waals surface area contributed by atoms with Crippen LogP contribution in [0.25, 0.3) is 0 Å². The first-order valence-corrected chi connectivity index (χ1v) is 8.74. The van der Waals surface area contributed by atoms with Crippen LogP contribution >= 0.6 is 11.3 Å². The van der Waals surface area contributed by atoms with Crippen molar-refractivity contribution in [1.29, 1.82) is 0 Å². The quantitative estimate of drug-likeness (QED) is 0.775. The summed E-state index contributed by atoms with van der Waals surface area (Å²) < 4.78 is 5.40. The molecule has 1 atom stereocenters. The normalized spacial score (nSPS) is 13.0. The number of ether oxygens (including phenoxy) is 1. The lowest BCUT2D eigenvalue weighted by Crippen LogP contribution is -2.38. The third-order valence-electron chi connectivity index (χ3n) is 3.17. The highest BCUT2D eigenvalue weighted by Gasteiger charge is 2.20. The maximum Gasteiger partial charge on any atom is 0.410 e. The molecule has 1 heterocycles. The van der Waals surface area contributed by atoms with Crippen LogP contribution in [0.2, 0.25) is 0 Å². The Morgan fingerprint density at radius 1 is 1.50 bits per heavy atom. The summed E-state index contributed by atoms with van der Waals surface area (Å²) in [5.41, 5.74) is 0.640. The third-order valence-corrected chi connectivity index (χ3v) is 3.96. The minimum absolute atomic E-state index is 0.238. The Balaban J connectivity index is 2.31. The van der Waals surface area contributed by atoms with Gasteiger partial charge in [-0.25, -0.2) is 9.78 Å². The molecule has 0 radical (unpaired) electrons. The van der Waals surface area contributed by atoms with Crippen molar-refractivity contribution < 1.29 is 9.53 Å².